The molecule has 1 aliphatic carbocycles. The average Bonchev–Trinajstić information content (AvgIpc) is 3.07. The van der Waals surface area contributed by atoms with Crippen molar-refractivity contribution in [2.75, 3.05) is 0 Å². The molecule has 0 amide bonds. The number of hydrogen-bond donors (Lipinski definition) is 2. The van der Waals surface area contributed by atoms with Gasteiger partial charge in [-0.05, 0) is 25.0 Å². The van der Waals surface area contributed by atoms with Crippen LogP contribution in [-0.2, 0) is 0 Å². The first-order chi connectivity index (χ1) is 7.63. The Hall–Kier alpha value is -1.56. The molecule has 0 saturated heterocycles. The zero-order valence-electron chi connectivity index (χ0n) is 8.30. The fraction of sp³-hybridized carbons (Fsp3) is 0.300. The lowest BCUT2D eigenvalue weighted by molar-refractivity contribution is 0.446. The van der Waals surface area contributed by atoms with Gasteiger partial charge in [-0.1, -0.05) is 0 Å². The summed E-state index contributed by atoms with van der Waals surface area (Å²) in [5, 5.41) is 0. The highest BCUT2D eigenvalue weighted by atomic mass is 19.2. The van der Waals surface area contributed by atoms with Crippen LogP contribution in [0.25, 0.3) is 0 Å². The van der Waals surface area contributed by atoms with Crippen LogP contribution in [0.4, 0.5) is 13.2 Å². The number of halogens is 3. The Balaban J connectivity index is 2.41. The molecule has 0 heterocycles. The molecular formula is C10H10F3N3. The van der Waals surface area contributed by atoms with Crippen LogP contribution in [0.15, 0.2) is 17.1 Å². The Morgan fingerprint density at radius 2 is 1.94 bits per heavy atom. The topological polar surface area (TPSA) is 50.4 Å². The third-order valence-electron chi connectivity index (χ3n) is 2.29. The third-order valence-corrected chi connectivity index (χ3v) is 2.29. The molecule has 1 saturated carbocycles. The van der Waals surface area contributed by atoms with Crippen LogP contribution in [0.1, 0.15) is 18.4 Å². The molecule has 1 aromatic rings. The summed E-state index contributed by atoms with van der Waals surface area (Å²) in [5.41, 5.74) is 2.04. The Morgan fingerprint density at radius 1 is 1.25 bits per heavy atom. The van der Waals surface area contributed by atoms with E-state index in [4.69, 9.17) is 5.84 Å². The van der Waals surface area contributed by atoms with Gasteiger partial charge in [0.2, 0.25) is 0 Å². The summed E-state index contributed by atoms with van der Waals surface area (Å²) in [6.07, 6.45) is 1.80. The van der Waals surface area contributed by atoms with Gasteiger partial charge >= 0.3 is 0 Å². The first-order valence-electron chi connectivity index (χ1n) is 4.81. The molecule has 3 nitrogen and oxygen atoms in total. The van der Waals surface area contributed by atoms with Gasteiger partial charge in [0.15, 0.2) is 17.5 Å². The lowest BCUT2D eigenvalue weighted by atomic mass is 10.2. The summed E-state index contributed by atoms with van der Waals surface area (Å²) >= 11 is 0. The molecule has 0 atom stereocenters. The van der Waals surface area contributed by atoms with Crippen LogP contribution in [0, 0.1) is 17.5 Å². The van der Waals surface area contributed by atoms with Crippen molar-refractivity contribution in [3.63, 3.8) is 0 Å². The maximum absolute atomic E-state index is 13.4. The lowest BCUT2D eigenvalue weighted by Crippen LogP contribution is -2.32. The normalized spacial score (nSPS) is 16.4. The lowest BCUT2D eigenvalue weighted by Gasteiger charge is -2.07. The highest BCUT2D eigenvalue weighted by molar-refractivity contribution is 5.98. The van der Waals surface area contributed by atoms with E-state index in [1.54, 1.807) is 0 Å². The van der Waals surface area contributed by atoms with E-state index < -0.39 is 17.5 Å². The third kappa shape index (κ3) is 2.01. The van der Waals surface area contributed by atoms with Crippen LogP contribution in [0.2, 0.25) is 0 Å². The van der Waals surface area contributed by atoms with Crippen molar-refractivity contribution in [2.45, 2.75) is 18.9 Å². The van der Waals surface area contributed by atoms with E-state index in [1.165, 1.54) is 0 Å². The van der Waals surface area contributed by atoms with Gasteiger partial charge in [-0.15, -0.1) is 0 Å². The average molecular weight is 229 g/mol. The van der Waals surface area contributed by atoms with Gasteiger partial charge in [-0.3, -0.25) is 4.99 Å². The molecule has 0 aromatic heterocycles. The number of nitrogens with zero attached hydrogens (tertiary/aromatic N) is 1. The zero-order valence-corrected chi connectivity index (χ0v) is 8.30. The predicted molar refractivity (Wildman–Crippen MR) is 53.2 cm³/mol. The standard InChI is InChI=1S/C10H10F3N3/c11-7-4-3-6(8(12)9(7)13)10(16-14)15-5-1-2-5/h3-5H,1-2,14H2,(H,15,16). The van der Waals surface area contributed by atoms with Gasteiger partial charge in [-0.2, -0.15) is 0 Å². The minimum Gasteiger partial charge on any atom is -0.308 e. The summed E-state index contributed by atoms with van der Waals surface area (Å²) < 4.78 is 39.0. The van der Waals surface area contributed by atoms with Crippen LogP contribution in [-0.4, -0.2) is 11.9 Å². The first kappa shape index (κ1) is 10.9. The molecule has 86 valence electrons. The van der Waals surface area contributed by atoms with Gasteiger partial charge in [-0.25, -0.2) is 19.0 Å². The minimum absolute atomic E-state index is 0.0406. The molecule has 0 unspecified atom stereocenters. The summed E-state index contributed by atoms with van der Waals surface area (Å²) in [5.74, 6) is 1.18. The van der Waals surface area contributed by atoms with E-state index in [9.17, 15) is 13.2 Å². The quantitative estimate of drug-likeness (QED) is 0.265. The smallest absolute Gasteiger partial charge is 0.195 e. The van der Waals surface area contributed by atoms with Gasteiger partial charge in [0.05, 0.1) is 11.6 Å². The SMILES string of the molecule is NNC(=NC1CC1)c1ccc(F)c(F)c1F. The molecule has 1 aliphatic rings. The van der Waals surface area contributed by atoms with Gasteiger partial charge < -0.3 is 5.43 Å². The van der Waals surface area contributed by atoms with Crippen molar-refractivity contribution in [1.29, 1.82) is 0 Å². The minimum atomic E-state index is -1.52. The van der Waals surface area contributed by atoms with E-state index in [0.717, 1.165) is 25.0 Å². The van der Waals surface area contributed by atoms with E-state index in [0.29, 0.717) is 0 Å². The zero-order chi connectivity index (χ0) is 11.7. The molecule has 16 heavy (non-hydrogen) atoms. The van der Waals surface area contributed by atoms with E-state index in [1.807, 2.05) is 0 Å². The fourth-order valence-corrected chi connectivity index (χ4v) is 1.28. The summed E-state index contributed by atoms with van der Waals surface area (Å²) in [6.45, 7) is 0. The molecule has 2 rings (SSSR count). The second-order valence-corrected chi connectivity index (χ2v) is 3.58. The Morgan fingerprint density at radius 3 is 2.50 bits per heavy atom. The Labute approximate surface area is 90.1 Å². The van der Waals surface area contributed by atoms with Crippen molar-refractivity contribution in [3.8, 4) is 0 Å². The maximum atomic E-state index is 13.4. The number of amidine groups is 1. The monoisotopic (exact) mass is 229 g/mol. The van der Waals surface area contributed by atoms with E-state index in [-0.39, 0.29) is 17.4 Å². The number of hydrazine groups is 1. The Bertz CT molecular complexity index is 441. The van der Waals surface area contributed by atoms with Gasteiger partial charge in [0, 0.05) is 0 Å². The fourth-order valence-electron chi connectivity index (χ4n) is 1.28. The first-order valence-corrected chi connectivity index (χ1v) is 4.81. The van der Waals surface area contributed by atoms with Crippen LogP contribution >= 0.6 is 0 Å². The van der Waals surface area contributed by atoms with E-state index in [2.05, 4.69) is 10.4 Å². The molecule has 1 aromatic carbocycles. The van der Waals surface area contributed by atoms with E-state index >= 15 is 0 Å². The highest BCUT2D eigenvalue weighted by Crippen LogP contribution is 2.25. The molecule has 1 fully saturated rings. The summed E-state index contributed by atoms with van der Waals surface area (Å²) in [7, 11) is 0. The number of rotatable bonds is 2. The number of aliphatic imine (C=N–C) groups is 1. The van der Waals surface area contributed by atoms with Crippen molar-refractivity contribution in [2.24, 2.45) is 10.8 Å². The number of hydrogen-bond acceptors (Lipinski definition) is 2. The number of nitrogens with one attached hydrogen (secondary N) is 1. The molecule has 0 spiro atoms. The molecule has 6 heteroatoms. The summed E-state index contributed by atoms with van der Waals surface area (Å²) in [4.78, 5) is 4.06. The Kier molecular flexibility index (Phi) is 2.82. The van der Waals surface area contributed by atoms with Crippen molar-refractivity contribution < 1.29 is 13.2 Å². The number of benzene rings is 1. The number of nitrogens with two attached hydrogens (primary N) is 1. The maximum Gasteiger partial charge on any atom is 0.195 e. The largest absolute Gasteiger partial charge is 0.308 e. The van der Waals surface area contributed by atoms with Gasteiger partial charge in [0.1, 0.15) is 5.84 Å². The molecule has 0 radical (unpaired) electrons. The van der Waals surface area contributed by atoms with Crippen molar-refractivity contribution in [3.05, 3.63) is 35.1 Å². The van der Waals surface area contributed by atoms with Crippen molar-refractivity contribution >= 4 is 5.84 Å². The molecule has 0 bridgehead atoms. The second kappa shape index (κ2) is 4.13. The molecule has 0 aliphatic heterocycles. The molecular weight excluding hydrogens is 219 g/mol. The highest BCUT2D eigenvalue weighted by Gasteiger charge is 2.23. The predicted octanol–water partition coefficient (Wildman–Crippen LogP) is 1.48. The second-order valence-electron chi connectivity index (χ2n) is 3.58. The van der Waals surface area contributed by atoms with Crippen LogP contribution < -0.4 is 11.3 Å². The van der Waals surface area contributed by atoms with Crippen LogP contribution in [0.3, 0.4) is 0 Å². The molecule has 3 N–H and O–H groups in total. The summed E-state index contributed by atoms with van der Waals surface area (Å²) in [6, 6.07) is 2.04. The van der Waals surface area contributed by atoms with Crippen LogP contribution in [0.5, 0.6) is 0 Å². The van der Waals surface area contributed by atoms with Crippen molar-refractivity contribution in [1.82, 2.24) is 5.43 Å². The van der Waals surface area contributed by atoms with Gasteiger partial charge in [0.25, 0.3) is 0 Å².